The number of nitrogens with zero attached hydrogens (tertiary/aromatic N) is 1. The summed E-state index contributed by atoms with van der Waals surface area (Å²) < 4.78 is 21.5. The average Bonchev–Trinajstić information content (AvgIpc) is 2.02. The van der Waals surface area contributed by atoms with E-state index in [4.69, 9.17) is 16.9 Å². The topological polar surface area (TPSA) is 23.8 Å². The Hall–Kier alpha value is -0.790. The van der Waals surface area contributed by atoms with Gasteiger partial charge in [0.1, 0.15) is 0 Å². The first-order chi connectivity index (χ1) is 6.51. The Morgan fingerprint density at radius 2 is 2.21 bits per heavy atom. The third-order valence-electron chi connectivity index (χ3n) is 1.42. The number of thioether (sulfide) groups is 1. The summed E-state index contributed by atoms with van der Waals surface area (Å²) in [5, 5.41) is 8.41. The van der Waals surface area contributed by atoms with Gasteiger partial charge in [0.2, 0.25) is 0 Å². The van der Waals surface area contributed by atoms with E-state index < -0.39 is 4.71 Å². The molecular weight excluding hydrogens is 228 g/mol. The first kappa shape index (κ1) is 11.3. The van der Waals surface area contributed by atoms with Crippen LogP contribution in [-0.4, -0.2) is 4.71 Å². The minimum atomic E-state index is -3.30. The van der Waals surface area contributed by atoms with Crippen LogP contribution in [0.3, 0.4) is 0 Å². The van der Waals surface area contributed by atoms with Gasteiger partial charge in [-0.15, -0.1) is 0 Å². The van der Waals surface area contributed by atoms with E-state index >= 15 is 0 Å². The molecule has 0 aliphatic carbocycles. The van der Waals surface area contributed by atoms with Gasteiger partial charge >= 0.3 is 4.71 Å². The summed E-state index contributed by atoms with van der Waals surface area (Å²) in [6.45, 7) is 0. The lowest BCUT2D eigenvalue weighted by atomic mass is 10.2. The molecule has 1 aromatic carbocycles. The molecule has 0 atom stereocenters. The summed E-state index contributed by atoms with van der Waals surface area (Å²) in [4.78, 5) is 0.359. The van der Waals surface area contributed by atoms with Crippen LogP contribution in [-0.2, 0) is 6.42 Å². The quantitative estimate of drug-likeness (QED) is 0.588. The molecule has 0 aliphatic heterocycles. The molecule has 0 heterocycles. The van der Waals surface area contributed by atoms with Gasteiger partial charge in [-0.25, -0.2) is 0 Å². The fourth-order valence-corrected chi connectivity index (χ4v) is 1.84. The van der Waals surface area contributed by atoms with Crippen molar-refractivity contribution in [2.45, 2.75) is 16.0 Å². The monoisotopic (exact) mass is 233 g/mol. The zero-order valence-corrected chi connectivity index (χ0v) is 8.58. The minimum Gasteiger partial charge on any atom is -0.198 e. The molecule has 0 aliphatic rings. The molecule has 1 rings (SSSR count). The maximum Gasteiger partial charge on any atom is 0.375 e. The van der Waals surface area contributed by atoms with Crippen LogP contribution in [0.5, 0.6) is 0 Å². The number of hydrogen-bond acceptors (Lipinski definition) is 2. The van der Waals surface area contributed by atoms with Crippen molar-refractivity contribution >= 4 is 23.4 Å². The highest BCUT2D eigenvalue weighted by atomic mass is 35.5. The predicted molar refractivity (Wildman–Crippen MR) is 52.4 cm³/mol. The molecule has 1 aromatic rings. The second-order valence-electron chi connectivity index (χ2n) is 2.53. The van der Waals surface area contributed by atoms with Crippen molar-refractivity contribution in [2.75, 3.05) is 0 Å². The molecule has 0 spiro atoms. The molecule has 1 nitrogen and oxygen atoms in total. The summed E-state index contributed by atoms with van der Waals surface area (Å²) in [7, 11) is 0. The van der Waals surface area contributed by atoms with Crippen molar-refractivity contribution in [2.24, 2.45) is 0 Å². The zero-order valence-electron chi connectivity index (χ0n) is 7.01. The molecule has 74 valence electrons. The molecule has 0 unspecified atom stereocenters. The third-order valence-corrected chi connectivity index (χ3v) is 2.37. The Balaban J connectivity index is 2.79. The van der Waals surface area contributed by atoms with Gasteiger partial charge in [0, 0.05) is 4.90 Å². The highest BCUT2D eigenvalue weighted by Gasteiger charge is 2.26. The van der Waals surface area contributed by atoms with Crippen molar-refractivity contribution in [1.82, 2.24) is 0 Å². The Bertz CT molecular complexity index is 357. The van der Waals surface area contributed by atoms with Crippen LogP contribution in [0.2, 0.25) is 0 Å². The fraction of sp³-hybridized carbons (Fsp3) is 0.222. The lowest BCUT2D eigenvalue weighted by Gasteiger charge is -2.07. The van der Waals surface area contributed by atoms with E-state index in [9.17, 15) is 8.78 Å². The van der Waals surface area contributed by atoms with Gasteiger partial charge in [-0.1, -0.05) is 12.1 Å². The van der Waals surface area contributed by atoms with E-state index in [1.54, 1.807) is 12.1 Å². The SMILES string of the molecule is N#CCc1cccc(SC(F)(F)Cl)c1. The molecule has 0 amide bonds. The fourth-order valence-electron chi connectivity index (χ4n) is 0.944. The number of benzene rings is 1. The molecule has 0 fully saturated rings. The molecule has 0 bridgehead atoms. The summed E-state index contributed by atoms with van der Waals surface area (Å²) in [6, 6.07) is 8.34. The van der Waals surface area contributed by atoms with Gasteiger partial charge in [-0.05, 0) is 41.1 Å². The molecule has 5 heteroatoms. The van der Waals surface area contributed by atoms with E-state index in [0.29, 0.717) is 10.5 Å². The molecular formula is C9H6ClF2NS. The van der Waals surface area contributed by atoms with Crippen molar-refractivity contribution in [3.8, 4) is 6.07 Å². The highest BCUT2D eigenvalue weighted by molar-refractivity contribution is 8.01. The second-order valence-corrected chi connectivity index (χ2v) is 4.42. The Morgan fingerprint density at radius 1 is 1.50 bits per heavy atom. The van der Waals surface area contributed by atoms with E-state index in [0.717, 1.165) is 0 Å². The van der Waals surface area contributed by atoms with Gasteiger partial charge in [0.25, 0.3) is 0 Å². The highest BCUT2D eigenvalue weighted by Crippen LogP contribution is 2.39. The number of hydrogen-bond donors (Lipinski definition) is 0. The third kappa shape index (κ3) is 3.95. The Kier molecular flexibility index (Phi) is 3.73. The normalized spacial score (nSPS) is 11.0. The van der Waals surface area contributed by atoms with Crippen LogP contribution in [0.1, 0.15) is 5.56 Å². The van der Waals surface area contributed by atoms with Gasteiger partial charge < -0.3 is 0 Å². The van der Waals surface area contributed by atoms with E-state index in [1.807, 2.05) is 6.07 Å². The van der Waals surface area contributed by atoms with Crippen molar-refractivity contribution in [3.63, 3.8) is 0 Å². The summed E-state index contributed by atoms with van der Waals surface area (Å²) in [5.41, 5.74) is 0.707. The van der Waals surface area contributed by atoms with Crippen molar-refractivity contribution in [3.05, 3.63) is 29.8 Å². The maximum atomic E-state index is 12.4. The van der Waals surface area contributed by atoms with Gasteiger partial charge in [-0.2, -0.15) is 14.0 Å². The molecule has 14 heavy (non-hydrogen) atoms. The lowest BCUT2D eigenvalue weighted by Crippen LogP contribution is -1.97. The zero-order chi connectivity index (χ0) is 10.6. The minimum absolute atomic E-state index is 0.211. The van der Waals surface area contributed by atoms with Crippen LogP contribution in [0.4, 0.5) is 8.78 Å². The molecule has 0 N–H and O–H groups in total. The number of rotatable bonds is 3. The van der Waals surface area contributed by atoms with Crippen LogP contribution in [0, 0.1) is 11.3 Å². The summed E-state index contributed by atoms with van der Waals surface area (Å²) >= 11 is 5.03. The maximum absolute atomic E-state index is 12.4. The van der Waals surface area contributed by atoms with E-state index in [-0.39, 0.29) is 18.2 Å². The Labute approximate surface area is 89.7 Å². The number of nitriles is 1. The number of alkyl halides is 3. The van der Waals surface area contributed by atoms with Crippen molar-refractivity contribution < 1.29 is 8.78 Å². The standard InChI is InChI=1S/C9H6ClF2NS/c10-9(11,12)14-8-3-1-2-7(6-8)4-5-13/h1-3,6H,4H2. The average molecular weight is 234 g/mol. The van der Waals surface area contributed by atoms with Gasteiger partial charge in [0.15, 0.2) is 0 Å². The smallest absolute Gasteiger partial charge is 0.198 e. The largest absolute Gasteiger partial charge is 0.375 e. The van der Waals surface area contributed by atoms with Gasteiger partial charge in [0.05, 0.1) is 12.5 Å². The second kappa shape index (κ2) is 4.63. The number of halogens is 3. The van der Waals surface area contributed by atoms with E-state index in [1.165, 1.54) is 12.1 Å². The summed E-state index contributed by atoms with van der Waals surface area (Å²) in [6.07, 6.45) is 0.211. The van der Waals surface area contributed by atoms with Crippen LogP contribution in [0.15, 0.2) is 29.2 Å². The first-order valence-electron chi connectivity index (χ1n) is 3.73. The molecule has 0 saturated carbocycles. The van der Waals surface area contributed by atoms with Crippen molar-refractivity contribution in [1.29, 1.82) is 5.26 Å². The Morgan fingerprint density at radius 3 is 2.79 bits per heavy atom. The van der Waals surface area contributed by atoms with Crippen LogP contribution >= 0.6 is 23.4 Å². The van der Waals surface area contributed by atoms with Crippen LogP contribution < -0.4 is 0 Å². The van der Waals surface area contributed by atoms with E-state index in [2.05, 4.69) is 0 Å². The van der Waals surface area contributed by atoms with Gasteiger partial charge in [-0.3, -0.25) is 0 Å². The predicted octanol–water partition coefficient (Wildman–Crippen LogP) is 3.63. The molecule has 0 saturated heterocycles. The lowest BCUT2D eigenvalue weighted by molar-refractivity contribution is 0.203. The molecule has 0 aromatic heterocycles. The summed E-state index contributed by atoms with van der Waals surface area (Å²) in [5.74, 6) is 0. The molecule has 0 radical (unpaired) electrons. The first-order valence-corrected chi connectivity index (χ1v) is 4.92. The van der Waals surface area contributed by atoms with Crippen LogP contribution in [0.25, 0.3) is 0 Å².